The van der Waals surface area contributed by atoms with E-state index in [0.29, 0.717) is 0 Å². The first-order chi connectivity index (χ1) is 26.6. The van der Waals surface area contributed by atoms with E-state index in [1.165, 1.54) is 71.1 Å². The van der Waals surface area contributed by atoms with Crippen LogP contribution in [0.25, 0.3) is 22.3 Å². The van der Waals surface area contributed by atoms with E-state index in [0.717, 1.165) is 11.4 Å². The number of para-hydroxylation sites is 1. The van der Waals surface area contributed by atoms with Crippen LogP contribution in [0, 0.1) is 0 Å². The Kier molecular flexibility index (Phi) is 7.71. The SMILES string of the molecule is CC1(C)c2cccc(N(c3ccccc3)c3ccc(-c4ccccc4)cc3)c2Sc2c1ccc1c2-c2ccccc2C1(c1ccccc1)c1ccccc1. The lowest BCUT2D eigenvalue weighted by atomic mass is 9.67. The molecule has 0 radical (unpaired) electrons. The van der Waals surface area contributed by atoms with Gasteiger partial charge in [0.15, 0.2) is 0 Å². The van der Waals surface area contributed by atoms with Gasteiger partial charge in [-0.2, -0.15) is 0 Å². The molecule has 0 amide bonds. The van der Waals surface area contributed by atoms with Gasteiger partial charge in [-0.15, -0.1) is 0 Å². The van der Waals surface area contributed by atoms with Crippen LogP contribution in [-0.4, -0.2) is 0 Å². The molecule has 0 bridgehead atoms. The first-order valence-corrected chi connectivity index (χ1v) is 19.6. The summed E-state index contributed by atoms with van der Waals surface area (Å²) in [6, 6.07) is 73.6. The Morgan fingerprint density at radius 1 is 0.389 bits per heavy atom. The molecule has 1 aliphatic heterocycles. The first-order valence-electron chi connectivity index (χ1n) is 18.8. The predicted molar refractivity (Wildman–Crippen MR) is 227 cm³/mol. The quantitative estimate of drug-likeness (QED) is 0.169. The lowest BCUT2D eigenvalue weighted by Crippen LogP contribution is -2.29. The number of hydrogen-bond donors (Lipinski definition) is 0. The number of nitrogens with zero attached hydrogens (tertiary/aromatic N) is 1. The van der Waals surface area contributed by atoms with E-state index in [4.69, 9.17) is 0 Å². The minimum Gasteiger partial charge on any atom is -0.309 e. The Morgan fingerprint density at radius 3 is 1.56 bits per heavy atom. The maximum Gasteiger partial charge on any atom is 0.0713 e. The van der Waals surface area contributed by atoms with Gasteiger partial charge in [-0.1, -0.05) is 195 Å². The van der Waals surface area contributed by atoms with Gasteiger partial charge in [0.1, 0.15) is 0 Å². The number of hydrogen-bond acceptors (Lipinski definition) is 2. The van der Waals surface area contributed by atoms with Crippen molar-refractivity contribution in [3.63, 3.8) is 0 Å². The highest BCUT2D eigenvalue weighted by Crippen LogP contribution is 2.63. The average Bonchev–Trinajstić information content (AvgIpc) is 3.54. The summed E-state index contributed by atoms with van der Waals surface area (Å²) >= 11 is 1.95. The van der Waals surface area contributed by atoms with Crippen molar-refractivity contribution in [1.29, 1.82) is 0 Å². The molecule has 0 saturated heterocycles. The van der Waals surface area contributed by atoms with Crippen LogP contribution in [0.2, 0.25) is 0 Å². The Bertz CT molecular complexity index is 2590. The topological polar surface area (TPSA) is 3.24 Å². The maximum atomic E-state index is 2.44. The minimum atomic E-state index is -0.440. The predicted octanol–water partition coefficient (Wildman–Crippen LogP) is 14.0. The molecule has 2 aliphatic rings. The largest absolute Gasteiger partial charge is 0.309 e. The van der Waals surface area contributed by atoms with Gasteiger partial charge in [0.05, 0.1) is 11.1 Å². The van der Waals surface area contributed by atoms with E-state index in [2.05, 4.69) is 219 Å². The third-order valence-electron chi connectivity index (χ3n) is 11.6. The fourth-order valence-corrected chi connectivity index (χ4v) is 10.7. The van der Waals surface area contributed by atoms with Gasteiger partial charge in [-0.25, -0.2) is 0 Å². The summed E-state index contributed by atoms with van der Waals surface area (Å²) in [5.74, 6) is 0. The van der Waals surface area contributed by atoms with Gasteiger partial charge in [-0.3, -0.25) is 0 Å². The van der Waals surface area contributed by atoms with Gasteiger partial charge >= 0.3 is 0 Å². The van der Waals surface area contributed by atoms with E-state index >= 15 is 0 Å². The molecular formula is C52H39NS. The Hall–Kier alpha value is -6.09. The Balaban J connectivity index is 1.20. The van der Waals surface area contributed by atoms with Gasteiger partial charge in [0.2, 0.25) is 0 Å². The van der Waals surface area contributed by atoms with Crippen LogP contribution in [0.5, 0.6) is 0 Å². The summed E-state index contributed by atoms with van der Waals surface area (Å²) in [6.07, 6.45) is 0. The molecule has 0 N–H and O–H groups in total. The van der Waals surface area contributed by atoms with Crippen LogP contribution in [0.3, 0.4) is 0 Å². The molecule has 54 heavy (non-hydrogen) atoms. The van der Waals surface area contributed by atoms with Crippen molar-refractivity contribution >= 4 is 28.8 Å². The molecule has 1 nitrogen and oxygen atoms in total. The molecule has 0 fully saturated rings. The molecule has 0 aromatic heterocycles. The maximum absolute atomic E-state index is 2.44. The van der Waals surface area contributed by atoms with Crippen LogP contribution >= 0.6 is 11.8 Å². The highest BCUT2D eigenvalue weighted by atomic mass is 32.2. The molecular weight excluding hydrogens is 671 g/mol. The highest BCUT2D eigenvalue weighted by molar-refractivity contribution is 7.99. The number of benzene rings is 8. The molecule has 2 heteroatoms. The summed E-state index contributed by atoms with van der Waals surface area (Å²) in [5.41, 5.74) is 15.9. The van der Waals surface area contributed by atoms with Crippen LogP contribution in [0.15, 0.2) is 210 Å². The summed E-state index contributed by atoms with van der Waals surface area (Å²) in [4.78, 5) is 5.09. The van der Waals surface area contributed by atoms with Crippen molar-refractivity contribution in [3.8, 4) is 22.3 Å². The molecule has 0 atom stereocenters. The average molecular weight is 710 g/mol. The van der Waals surface area contributed by atoms with Gasteiger partial charge in [-0.05, 0) is 80.4 Å². The molecule has 258 valence electrons. The molecule has 1 aliphatic carbocycles. The fraction of sp³-hybridized carbons (Fsp3) is 0.0769. The van der Waals surface area contributed by atoms with Crippen LogP contribution < -0.4 is 4.90 Å². The lowest BCUT2D eigenvalue weighted by Gasteiger charge is -2.39. The second-order valence-corrected chi connectivity index (χ2v) is 15.9. The standard InChI is InChI=1S/C52H39NS/c1-51(2)45-28-17-29-47(53(40-24-13-6-14-25-40)41-32-30-37(31-33-41)36-18-7-3-8-19-36)49(45)54-50-46(51)35-34-44-48(50)42-26-15-16-27-43(42)52(44,38-20-9-4-10-21-38)39-22-11-5-12-23-39/h3-35H,1-2H3. The zero-order valence-electron chi connectivity index (χ0n) is 30.4. The highest BCUT2D eigenvalue weighted by Gasteiger charge is 2.49. The van der Waals surface area contributed by atoms with Gasteiger partial charge in [0.25, 0.3) is 0 Å². The molecule has 0 saturated carbocycles. The second kappa shape index (κ2) is 12.8. The molecule has 10 rings (SSSR count). The third-order valence-corrected chi connectivity index (χ3v) is 12.9. The van der Waals surface area contributed by atoms with E-state index in [1.807, 2.05) is 11.8 Å². The van der Waals surface area contributed by atoms with E-state index in [9.17, 15) is 0 Å². The summed E-state index contributed by atoms with van der Waals surface area (Å²) in [6.45, 7) is 4.81. The van der Waals surface area contributed by atoms with Crippen LogP contribution in [0.4, 0.5) is 17.1 Å². The number of fused-ring (bicyclic) bond motifs is 6. The van der Waals surface area contributed by atoms with Crippen LogP contribution in [-0.2, 0) is 10.8 Å². The summed E-state index contributed by atoms with van der Waals surface area (Å²) in [5, 5.41) is 0. The summed E-state index contributed by atoms with van der Waals surface area (Å²) < 4.78 is 0. The molecule has 1 heterocycles. The molecule has 8 aromatic carbocycles. The van der Waals surface area contributed by atoms with Crippen molar-refractivity contribution in [3.05, 3.63) is 234 Å². The normalized spacial score (nSPS) is 14.3. The second-order valence-electron chi connectivity index (χ2n) is 14.9. The first kappa shape index (κ1) is 32.6. The van der Waals surface area contributed by atoms with Crippen molar-refractivity contribution in [1.82, 2.24) is 0 Å². The third kappa shape index (κ3) is 4.87. The smallest absolute Gasteiger partial charge is 0.0713 e. The number of rotatable bonds is 6. The Labute approximate surface area is 322 Å². The number of anilines is 3. The molecule has 0 unspecified atom stereocenters. The molecule has 0 spiro atoms. The van der Waals surface area contributed by atoms with E-state index in [-0.39, 0.29) is 5.41 Å². The van der Waals surface area contributed by atoms with Crippen molar-refractivity contribution in [2.75, 3.05) is 4.90 Å². The molecule has 8 aromatic rings. The summed E-state index contributed by atoms with van der Waals surface area (Å²) in [7, 11) is 0. The van der Waals surface area contributed by atoms with E-state index < -0.39 is 5.41 Å². The zero-order chi connectivity index (χ0) is 36.3. The zero-order valence-corrected chi connectivity index (χ0v) is 31.2. The van der Waals surface area contributed by atoms with Crippen molar-refractivity contribution in [2.45, 2.75) is 34.5 Å². The minimum absolute atomic E-state index is 0.236. The fourth-order valence-electron chi connectivity index (χ4n) is 9.08. The van der Waals surface area contributed by atoms with Gasteiger partial charge in [0, 0.05) is 32.1 Å². The Morgan fingerprint density at radius 2 is 0.889 bits per heavy atom. The van der Waals surface area contributed by atoms with E-state index in [1.54, 1.807) is 0 Å². The van der Waals surface area contributed by atoms with Crippen LogP contribution in [0.1, 0.15) is 47.2 Å². The monoisotopic (exact) mass is 709 g/mol. The van der Waals surface area contributed by atoms with Crippen molar-refractivity contribution < 1.29 is 0 Å². The van der Waals surface area contributed by atoms with Crippen molar-refractivity contribution in [2.24, 2.45) is 0 Å². The van der Waals surface area contributed by atoms with Gasteiger partial charge < -0.3 is 4.90 Å². The lowest BCUT2D eigenvalue weighted by molar-refractivity contribution is 0.607.